The highest BCUT2D eigenvalue weighted by Gasteiger charge is 2.47. The Labute approximate surface area is 225 Å². The Hall–Kier alpha value is -4.17. The van der Waals surface area contributed by atoms with Crippen LogP contribution in [-0.2, 0) is 9.59 Å². The number of aliphatic hydroxyl groups is 1. The number of aryl methyl sites for hydroxylation is 1. The molecule has 8 nitrogen and oxygen atoms in total. The zero-order valence-electron chi connectivity index (χ0n) is 21.2. The number of benzene rings is 3. The fourth-order valence-electron chi connectivity index (χ4n) is 4.91. The topological polar surface area (TPSA) is 99.5 Å². The normalized spacial score (nSPS) is 18.4. The van der Waals surface area contributed by atoms with Gasteiger partial charge in [0.2, 0.25) is 0 Å². The molecule has 2 aliphatic rings. The molecule has 0 saturated carbocycles. The smallest absolute Gasteiger partial charge is 0.300 e. The first-order chi connectivity index (χ1) is 18.2. The molecule has 0 aliphatic carbocycles. The van der Waals surface area contributed by atoms with Crippen LogP contribution in [0.5, 0.6) is 17.2 Å². The van der Waals surface area contributed by atoms with E-state index >= 15 is 0 Å². The lowest BCUT2D eigenvalue weighted by Gasteiger charge is -2.28. The van der Waals surface area contributed by atoms with Crippen molar-refractivity contribution in [3.05, 3.63) is 81.9 Å². The number of ether oxygens (including phenoxy) is 2. The van der Waals surface area contributed by atoms with Crippen LogP contribution in [0.25, 0.3) is 5.76 Å². The first-order valence-electron chi connectivity index (χ1n) is 12.2. The molecule has 2 aliphatic heterocycles. The van der Waals surface area contributed by atoms with Gasteiger partial charge in [-0.15, -0.1) is 0 Å². The zero-order valence-corrected chi connectivity index (χ0v) is 22.0. The minimum Gasteiger partial charge on any atom is -0.507 e. The van der Waals surface area contributed by atoms with Crippen LogP contribution in [0.2, 0.25) is 5.02 Å². The van der Waals surface area contributed by atoms with Crippen molar-refractivity contribution in [3.8, 4) is 17.2 Å². The van der Waals surface area contributed by atoms with Gasteiger partial charge in [-0.25, -0.2) is 0 Å². The van der Waals surface area contributed by atoms with E-state index in [1.54, 1.807) is 62.4 Å². The van der Waals surface area contributed by atoms with E-state index in [2.05, 4.69) is 0 Å². The highest BCUT2D eigenvalue weighted by molar-refractivity contribution is 6.51. The van der Waals surface area contributed by atoms with Crippen LogP contribution in [0, 0.1) is 6.92 Å². The lowest BCUT2D eigenvalue weighted by atomic mass is 9.94. The van der Waals surface area contributed by atoms with Crippen molar-refractivity contribution in [3.63, 3.8) is 0 Å². The maximum absolute atomic E-state index is 13.5. The van der Waals surface area contributed by atoms with Crippen molar-refractivity contribution in [1.29, 1.82) is 0 Å². The van der Waals surface area contributed by atoms with Gasteiger partial charge in [0, 0.05) is 23.3 Å². The van der Waals surface area contributed by atoms with Crippen LogP contribution < -0.4 is 19.3 Å². The van der Waals surface area contributed by atoms with Crippen molar-refractivity contribution in [2.75, 3.05) is 36.6 Å². The number of aromatic hydroxyl groups is 1. The summed E-state index contributed by atoms with van der Waals surface area (Å²) in [6.45, 7) is 5.10. The monoisotopic (exact) mass is 534 g/mol. The van der Waals surface area contributed by atoms with Gasteiger partial charge >= 0.3 is 0 Å². The molecule has 0 radical (unpaired) electrons. The van der Waals surface area contributed by atoms with E-state index in [9.17, 15) is 19.8 Å². The maximum atomic E-state index is 13.5. The predicted molar refractivity (Wildman–Crippen MR) is 145 cm³/mol. The summed E-state index contributed by atoms with van der Waals surface area (Å²) in [5.41, 5.74) is 2.71. The molecule has 1 atom stereocenters. The van der Waals surface area contributed by atoms with E-state index in [0.29, 0.717) is 52.9 Å². The van der Waals surface area contributed by atoms with Gasteiger partial charge in [-0.1, -0.05) is 17.7 Å². The second-order valence-electron chi connectivity index (χ2n) is 9.21. The number of rotatable bonds is 5. The SMILES string of the molecule is CCOc1cc(C2/C(=C(\O)c3ccc4c(c3)N(C)CCO4)C(=O)C(=O)N2c2ccc(Cl)cc2C)ccc1O. The van der Waals surface area contributed by atoms with Gasteiger partial charge in [0.15, 0.2) is 11.5 Å². The van der Waals surface area contributed by atoms with E-state index in [0.717, 1.165) is 5.69 Å². The Morgan fingerprint density at radius 2 is 1.89 bits per heavy atom. The average molecular weight is 535 g/mol. The Morgan fingerprint density at radius 3 is 2.63 bits per heavy atom. The number of ketones is 1. The molecular formula is C29H27ClN2O6. The highest BCUT2D eigenvalue weighted by Crippen LogP contribution is 2.45. The van der Waals surface area contributed by atoms with Crippen molar-refractivity contribution in [1.82, 2.24) is 0 Å². The first-order valence-corrected chi connectivity index (χ1v) is 12.6. The Kier molecular flexibility index (Phi) is 6.67. The second kappa shape index (κ2) is 9.95. The number of likely N-dealkylation sites (N-methyl/N-ethyl adjacent to an activating group) is 1. The Balaban J connectivity index is 1.73. The fourth-order valence-corrected chi connectivity index (χ4v) is 5.14. The Morgan fingerprint density at radius 1 is 1.11 bits per heavy atom. The number of phenols is 1. The molecule has 0 aromatic heterocycles. The number of carbonyl (C=O) groups excluding carboxylic acids is 2. The number of halogens is 1. The number of nitrogens with zero attached hydrogens (tertiary/aromatic N) is 2. The molecule has 5 rings (SSSR count). The van der Waals surface area contributed by atoms with Gasteiger partial charge < -0.3 is 24.6 Å². The van der Waals surface area contributed by atoms with Gasteiger partial charge in [-0.05, 0) is 73.5 Å². The Bertz CT molecular complexity index is 1480. The van der Waals surface area contributed by atoms with Gasteiger partial charge in [-0.3, -0.25) is 14.5 Å². The van der Waals surface area contributed by atoms with Crippen LogP contribution in [0.1, 0.15) is 29.7 Å². The first kappa shape index (κ1) is 25.5. The van der Waals surface area contributed by atoms with Crippen LogP contribution >= 0.6 is 11.6 Å². The number of Topliss-reactive ketones (excluding diaryl/α,β-unsaturated/α-hetero) is 1. The number of anilines is 2. The van der Waals surface area contributed by atoms with E-state index in [-0.39, 0.29) is 22.8 Å². The van der Waals surface area contributed by atoms with E-state index < -0.39 is 17.7 Å². The molecule has 0 spiro atoms. The molecule has 1 amide bonds. The minimum absolute atomic E-state index is 0.0724. The van der Waals surface area contributed by atoms with Crippen molar-refractivity contribution in [2.24, 2.45) is 0 Å². The van der Waals surface area contributed by atoms with Gasteiger partial charge in [-0.2, -0.15) is 0 Å². The summed E-state index contributed by atoms with van der Waals surface area (Å²) in [6, 6.07) is 13.8. The van der Waals surface area contributed by atoms with Gasteiger partial charge in [0.25, 0.3) is 11.7 Å². The number of hydrogen-bond donors (Lipinski definition) is 2. The van der Waals surface area contributed by atoms with E-state index in [4.69, 9.17) is 21.1 Å². The van der Waals surface area contributed by atoms with Crippen molar-refractivity contribution in [2.45, 2.75) is 19.9 Å². The standard InChI is InChI=1S/C29H27ClN2O6/c1-4-37-24-15-17(5-9-22(24)33)26-25(27(34)18-6-10-23-21(14-18)31(3)11-12-38-23)28(35)29(36)32(26)20-8-7-19(30)13-16(20)2/h5-10,13-15,26,33-34H,4,11-12H2,1-3H3/b27-25+. The minimum atomic E-state index is -0.986. The summed E-state index contributed by atoms with van der Waals surface area (Å²) < 4.78 is 11.3. The molecule has 3 aromatic carbocycles. The lowest BCUT2D eigenvalue weighted by Crippen LogP contribution is -2.30. The van der Waals surface area contributed by atoms with Crippen LogP contribution in [-0.4, -0.2) is 48.7 Å². The van der Waals surface area contributed by atoms with Crippen LogP contribution in [0.15, 0.2) is 60.2 Å². The summed E-state index contributed by atoms with van der Waals surface area (Å²) >= 11 is 6.17. The zero-order chi connectivity index (χ0) is 27.1. The molecule has 2 heterocycles. The molecule has 2 N–H and O–H groups in total. The molecule has 1 fully saturated rings. The lowest BCUT2D eigenvalue weighted by molar-refractivity contribution is -0.132. The van der Waals surface area contributed by atoms with Crippen molar-refractivity contribution >= 4 is 40.4 Å². The third kappa shape index (κ3) is 4.31. The number of amides is 1. The van der Waals surface area contributed by atoms with Crippen molar-refractivity contribution < 1.29 is 29.3 Å². The summed E-state index contributed by atoms with van der Waals surface area (Å²) in [6.07, 6.45) is 0. The van der Waals surface area contributed by atoms with Crippen LogP contribution in [0.4, 0.5) is 11.4 Å². The summed E-state index contributed by atoms with van der Waals surface area (Å²) in [7, 11) is 1.92. The largest absolute Gasteiger partial charge is 0.507 e. The quantitative estimate of drug-likeness (QED) is 0.263. The fraction of sp³-hybridized carbons (Fsp3) is 0.241. The molecule has 9 heteroatoms. The summed E-state index contributed by atoms with van der Waals surface area (Å²) in [5.74, 6) is -1.12. The second-order valence-corrected chi connectivity index (χ2v) is 9.65. The predicted octanol–water partition coefficient (Wildman–Crippen LogP) is 5.21. The number of fused-ring (bicyclic) bond motifs is 1. The van der Waals surface area contributed by atoms with Crippen LogP contribution in [0.3, 0.4) is 0 Å². The number of aliphatic hydroxyl groups excluding tert-OH is 1. The van der Waals surface area contributed by atoms with Gasteiger partial charge in [0.05, 0.1) is 30.5 Å². The third-order valence-corrected chi connectivity index (χ3v) is 7.03. The van der Waals surface area contributed by atoms with Gasteiger partial charge in [0.1, 0.15) is 18.1 Å². The average Bonchev–Trinajstić information content (AvgIpc) is 3.15. The maximum Gasteiger partial charge on any atom is 0.300 e. The highest BCUT2D eigenvalue weighted by atomic mass is 35.5. The summed E-state index contributed by atoms with van der Waals surface area (Å²) in [4.78, 5) is 30.4. The van der Waals surface area contributed by atoms with E-state index in [1.165, 1.54) is 11.0 Å². The number of carbonyl (C=O) groups is 2. The van der Waals surface area contributed by atoms with E-state index in [1.807, 2.05) is 11.9 Å². The molecular weight excluding hydrogens is 508 g/mol. The summed E-state index contributed by atoms with van der Waals surface area (Å²) in [5, 5.41) is 22.3. The number of hydrogen-bond acceptors (Lipinski definition) is 7. The molecule has 38 heavy (non-hydrogen) atoms. The molecule has 1 saturated heterocycles. The molecule has 0 bridgehead atoms. The molecule has 3 aromatic rings. The molecule has 196 valence electrons. The molecule has 1 unspecified atom stereocenters. The third-order valence-electron chi connectivity index (χ3n) is 6.79. The number of phenolic OH excluding ortho intramolecular Hbond substituents is 1.